The zero-order chi connectivity index (χ0) is 31.7. The fraction of sp³-hybridized carbons (Fsp3) is 0.200. The Labute approximate surface area is 281 Å². The highest BCUT2D eigenvalue weighted by Crippen LogP contribution is 2.54. The molecule has 3 aliphatic rings. The van der Waals surface area contributed by atoms with Crippen LogP contribution in [0.25, 0.3) is 55.6 Å². The number of halogens is 1. The lowest BCUT2D eigenvalue weighted by molar-refractivity contribution is 0.659. The molecule has 3 aliphatic carbocycles. The number of benzene rings is 6. The van der Waals surface area contributed by atoms with Crippen LogP contribution in [-0.4, -0.2) is 0 Å². The molecule has 224 valence electrons. The average Bonchev–Trinajstić information content (AvgIpc) is 3.53. The van der Waals surface area contributed by atoms with E-state index in [0.29, 0.717) is 0 Å². The van der Waals surface area contributed by atoms with Crippen molar-refractivity contribution in [3.05, 3.63) is 153 Å². The Balaban J connectivity index is 1.09. The van der Waals surface area contributed by atoms with E-state index in [9.17, 15) is 0 Å². The Bertz CT molecular complexity index is 2290. The maximum Gasteiger partial charge on any atom is 0.0178 e. The molecule has 0 bridgehead atoms. The van der Waals surface area contributed by atoms with Crippen LogP contribution in [0.3, 0.4) is 0 Å². The highest BCUT2D eigenvalue weighted by Gasteiger charge is 2.39. The molecule has 0 aliphatic heterocycles. The Kier molecular flexibility index (Phi) is 5.61. The van der Waals surface area contributed by atoms with Crippen molar-refractivity contribution in [2.75, 3.05) is 0 Å². The number of hydrogen-bond donors (Lipinski definition) is 0. The van der Waals surface area contributed by atoms with Gasteiger partial charge in [0.15, 0.2) is 0 Å². The van der Waals surface area contributed by atoms with Gasteiger partial charge in [0.1, 0.15) is 0 Å². The van der Waals surface area contributed by atoms with Crippen LogP contribution in [-0.2, 0) is 16.2 Å². The Morgan fingerprint density at radius 2 is 0.630 bits per heavy atom. The summed E-state index contributed by atoms with van der Waals surface area (Å²) in [5.41, 5.74) is 21.7. The summed E-state index contributed by atoms with van der Waals surface area (Å²) < 4.78 is 1.14. The summed E-state index contributed by atoms with van der Waals surface area (Å²) >= 11 is 3.70. The molecule has 0 nitrogen and oxygen atoms in total. The number of fused-ring (bicyclic) bond motifs is 9. The molecule has 0 atom stereocenters. The summed E-state index contributed by atoms with van der Waals surface area (Å²) in [5.74, 6) is 0. The highest BCUT2D eigenvalue weighted by molar-refractivity contribution is 9.10. The lowest BCUT2D eigenvalue weighted by atomic mass is 9.79. The molecule has 46 heavy (non-hydrogen) atoms. The molecule has 0 aromatic heterocycles. The van der Waals surface area contributed by atoms with Crippen LogP contribution >= 0.6 is 15.9 Å². The molecule has 6 aromatic rings. The van der Waals surface area contributed by atoms with E-state index in [1.165, 1.54) is 89.0 Å². The van der Waals surface area contributed by atoms with Gasteiger partial charge in [0.25, 0.3) is 0 Å². The monoisotopic (exact) mass is 656 g/mol. The first-order valence-corrected chi connectivity index (χ1v) is 17.2. The summed E-state index contributed by atoms with van der Waals surface area (Å²) in [6, 6.07) is 44.1. The van der Waals surface area contributed by atoms with E-state index in [4.69, 9.17) is 0 Å². The number of rotatable bonds is 2. The van der Waals surface area contributed by atoms with Gasteiger partial charge in [0.05, 0.1) is 0 Å². The highest BCUT2D eigenvalue weighted by atomic mass is 79.9. The van der Waals surface area contributed by atoms with Crippen molar-refractivity contribution >= 4 is 15.9 Å². The Hall–Kier alpha value is -4.20. The number of hydrogen-bond acceptors (Lipinski definition) is 0. The van der Waals surface area contributed by atoms with Gasteiger partial charge in [-0.1, -0.05) is 136 Å². The molecule has 0 saturated heterocycles. The zero-order valence-electron chi connectivity index (χ0n) is 27.3. The second kappa shape index (κ2) is 9.20. The van der Waals surface area contributed by atoms with Crippen molar-refractivity contribution in [2.45, 2.75) is 57.8 Å². The van der Waals surface area contributed by atoms with Crippen LogP contribution in [0.5, 0.6) is 0 Å². The van der Waals surface area contributed by atoms with Crippen molar-refractivity contribution in [1.82, 2.24) is 0 Å². The molecule has 0 radical (unpaired) electrons. The average molecular weight is 658 g/mol. The van der Waals surface area contributed by atoms with E-state index in [2.05, 4.69) is 173 Å². The van der Waals surface area contributed by atoms with Gasteiger partial charge in [-0.2, -0.15) is 0 Å². The van der Waals surface area contributed by atoms with Crippen molar-refractivity contribution in [3.63, 3.8) is 0 Å². The van der Waals surface area contributed by atoms with Gasteiger partial charge in [-0.25, -0.2) is 0 Å². The SMILES string of the molecule is CC1(C)c2ccccc2-c2ccc(-c3ccc4c(c3)C(C)(C)c3cc(-c5ccc6c(c5)C(C)(C)c5cc(Br)ccc5-6)ccc3-4)cc21. The van der Waals surface area contributed by atoms with Gasteiger partial charge in [0.2, 0.25) is 0 Å². The lowest BCUT2D eigenvalue weighted by Crippen LogP contribution is -2.16. The first-order valence-electron chi connectivity index (χ1n) is 16.5. The third kappa shape index (κ3) is 3.67. The van der Waals surface area contributed by atoms with Gasteiger partial charge in [-0.05, 0) is 125 Å². The molecule has 0 heterocycles. The van der Waals surface area contributed by atoms with Crippen LogP contribution in [0.2, 0.25) is 0 Å². The second-order valence-electron chi connectivity index (χ2n) is 15.2. The molecule has 0 unspecified atom stereocenters. The van der Waals surface area contributed by atoms with Gasteiger partial charge in [-0.15, -0.1) is 0 Å². The van der Waals surface area contributed by atoms with Crippen molar-refractivity contribution in [2.24, 2.45) is 0 Å². The Morgan fingerprint density at radius 3 is 1.04 bits per heavy atom. The van der Waals surface area contributed by atoms with Crippen LogP contribution in [0.4, 0.5) is 0 Å². The van der Waals surface area contributed by atoms with E-state index >= 15 is 0 Å². The largest absolute Gasteiger partial charge is 0.0619 e. The fourth-order valence-corrected chi connectivity index (χ4v) is 9.23. The minimum Gasteiger partial charge on any atom is -0.0619 e. The van der Waals surface area contributed by atoms with E-state index in [-0.39, 0.29) is 16.2 Å². The van der Waals surface area contributed by atoms with Crippen LogP contribution in [0.15, 0.2) is 120 Å². The second-order valence-corrected chi connectivity index (χ2v) is 16.1. The van der Waals surface area contributed by atoms with Crippen molar-refractivity contribution < 1.29 is 0 Å². The minimum absolute atomic E-state index is 0.00300. The third-order valence-electron chi connectivity index (χ3n) is 11.6. The Morgan fingerprint density at radius 1 is 0.326 bits per heavy atom. The minimum atomic E-state index is -0.0958. The van der Waals surface area contributed by atoms with Crippen LogP contribution in [0.1, 0.15) is 74.9 Å². The predicted molar refractivity (Wildman–Crippen MR) is 198 cm³/mol. The third-order valence-corrected chi connectivity index (χ3v) is 12.1. The van der Waals surface area contributed by atoms with E-state index in [1.54, 1.807) is 0 Å². The molecular weight excluding hydrogens is 620 g/mol. The first-order chi connectivity index (χ1) is 22.0. The maximum atomic E-state index is 3.70. The predicted octanol–water partition coefficient (Wildman–Crippen LogP) is 12.7. The molecule has 1 heteroatoms. The van der Waals surface area contributed by atoms with Gasteiger partial charge < -0.3 is 0 Å². The summed E-state index contributed by atoms with van der Waals surface area (Å²) in [4.78, 5) is 0. The van der Waals surface area contributed by atoms with E-state index < -0.39 is 0 Å². The standard InChI is InChI=1S/C45H37Br/c1-43(2)37-10-8-7-9-31(37)32-16-11-26(21-38(32)43)27-12-17-33-34-18-13-28(23-40(34)44(3,4)39(33)22-27)29-14-19-35-36-20-15-30(46)25-42(36)45(5,6)41(35)24-29/h7-25H,1-6H3. The topological polar surface area (TPSA) is 0 Å². The lowest BCUT2D eigenvalue weighted by Gasteiger charge is -2.24. The summed E-state index contributed by atoms with van der Waals surface area (Å²) in [6.07, 6.45) is 0. The quantitative estimate of drug-likeness (QED) is 0.174. The van der Waals surface area contributed by atoms with Crippen molar-refractivity contribution in [3.8, 4) is 55.6 Å². The molecule has 6 aromatic carbocycles. The van der Waals surface area contributed by atoms with E-state index in [1.807, 2.05) is 0 Å². The van der Waals surface area contributed by atoms with Gasteiger partial charge in [-0.3, -0.25) is 0 Å². The zero-order valence-corrected chi connectivity index (χ0v) is 28.9. The maximum absolute atomic E-state index is 3.70. The molecule has 0 amide bonds. The first kappa shape index (κ1) is 28.1. The molecule has 0 spiro atoms. The smallest absolute Gasteiger partial charge is 0.0178 e. The summed E-state index contributed by atoms with van der Waals surface area (Å²) in [5, 5.41) is 0. The summed E-state index contributed by atoms with van der Waals surface area (Å²) in [6.45, 7) is 14.2. The molecular formula is C45H37Br. The molecule has 9 rings (SSSR count). The molecule has 0 fully saturated rings. The van der Waals surface area contributed by atoms with Crippen LogP contribution in [0, 0.1) is 0 Å². The molecule has 0 saturated carbocycles. The normalized spacial score (nSPS) is 16.7. The summed E-state index contributed by atoms with van der Waals surface area (Å²) in [7, 11) is 0. The van der Waals surface area contributed by atoms with E-state index in [0.717, 1.165) is 4.47 Å². The van der Waals surface area contributed by atoms with Crippen LogP contribution < -0.4 is 0 Å². The van der Waals surface area contributed by atoms with Gasteiger partial charge in [0, 0.05) is 20.7 Å². The fourth-order valence-electron chi connectivity index (χ4n) is 8.87. The molecule has 0 N–H and O–H groups in total. The van der Waals surface area contributed by atoms with Crippen molar-refractivity contribution in [1.29, 1.82) is 0 Å². The van der Waals surface area contributed by atoms with Gasteiger partial charge >= 0.3 is 0 Å².